The Labute approximate surface area is 158 Å². The van der Waals surface area contributed by atoms with Crippen molar-refractivity contribution in [2.45, 2.75) is 12.8 Å². The molecule has 0 aliphatic carbocycles. The van der Waals surface area contributed by atoms with Gasteiger partial charge in [-0.3, -0.25) is 4.79 Å². The van der Waals surface area contributed by atoms with Crippen LogP contribution in [0.4, 0.5) is 11.5 Å². The van der Waals surface area contributed by atoms with Crippen molar-refractivity contribution in [3.05, 3.63) is 78.0 Å². The maximum atomic E-state index is 12.2. The van der Waals surface area contributed by atoms with Crippen molar-refractivity contribution in [3.63, 3.8) is 0 Å². The molecule has 6 nitrogen and oxygen atoms in total. The molecule has 1 heterocycles. The van der Waals surface area contributed by atoms with E-state index in [2.05, 4.69) is 33.0 Å². The van der Waals surface area contributed by atoms with Gasteiger partial charge in [0.25, 0.3) is 5.91 Å². The minimum Gasteiger partial charge on any atom is -0.497 e. The second kappa shape index (κ2) is 9.33. The van der Waals surface area contributed by atoms with E-state index in [1.807, 2.05) is 42.5 Å². The molecule has 0 saturated heterocycles. The van der Waals surface area contributed by atoms with E-state index in [4.69, 9.17) is 4.74 Å². The Morgan fingerprint density at radius 2 is 1.85 bits per heavy atom. The summed E-state index contributed by atoms with van der Waals surface area (Å²) < 4.78 is 5.19. The zero-order chi connectivity index (χ0) is 18.9. The van der Waals surface area contributed by atoms with E-state index in [1.165, 1.54) is 5.56 Å². The van der Waals surface area contributed by atoms with Gasteiger partial charge >= 0.3 is 0 Å². The van der Waals surface area contributed by atoms with Gasteiger partial charge in [0.05, 0.1) is 7.11 Å². The number of anilines is 2. The SMILES string of the molecule is COc1cccc(Nc2ccc(C(=O)NCCCc3ccccc3)nn2)c1. The van der Waals surface area contributed by atoms with E-state index in [0.717, 1.165) is 24.3 Å². The maximum absolute atomic E-state index is 12.2. The van der Waals surface area contributed by atoms with Crippen LogP contribution in [0.15, 0.2) is 66.7 Å². The lowest BCUT2D eigenvalue weighted by Crippen LogP contribution is -2.26. The van der Waals surface area contributed by atoms with Crippen LogP contribution in [-0.4, -0.2) is 29.8 Å². The maximum Gasteiger partial charge on any atom is 0.271 e. The fourth-order valence-electron chi connectivity index (χ4n) is 2.60. The first-order valence-electron chi connectivity index (χ1n) is 8.81. The van der Waals surface area contributed by atoms with Crippen LogP contribution >= 0.6 is 0 Å². The zero-order valence-electron chi connectivity index (χ0n) is 15.2. The molecule has 1 amide bonds. The molecule has 0 atom stereocenters. The van der Waals surface area contributed by atoms with Gasteiger partial charge in [0, 0.05) is 18.3 Å². The van der Waals surface area contributed by atoms with Crippen LogP contribution in [0, 0.1) is 0 Å². The molecule has 2 aromatic carbocycles. The summed E-state index contributed by atoms with van der Waals surface area (Å²) in [5.74, 6) is 1.09. The number of nitrogens with zero attached hydrogens (tertiary/aromatic N) is 2. The molecule has 6 heteroatoms. The van der Waals surface area contributed by atoms with Gasteiger partial charge in [-0.1, -0.05) is 36.4 Å². The van der Waals surface area contributed by atoms with Crippen LogP contribution in [0.1, 0.15) is 22.5 Å². The Morgan fingerprint density at radius 3 is 2.59 bits per heavy atom. The van der Waals surface area contributed by atoms with Crippen LogP contribution < -0.4 is 15.4 Å². The van der Waals surface area contributed by atoms with Gasteiger partial charge in [-0.15, -0.1) is 10.2 Å². The first kappa shape index (κ1) is 18.4. The molecule has 1 aromatic heterocycles. The number of aryl methyl sites for hydroxylation is 1. The van der Waals surface area contributed by atoms with Gasteiger partial charge in [0.15, 0.2) is 11.5 Å². The molecular formula is C21H22N4O2. The second-order valence-electron chi connectivity index (χ2n) is 6.01. The molecule has 0 aliphatic rings. The standard InChI is InChI=1S/C21H22N4O2/c1-27-18-11-5-10-17(15-18)23-20-13-12-19(24-25-20)21(26)22-14-6-9-16-7-3-2-4-8-16/h2-5,7-8,10-13,15H,6,9,14H2,1H3,(H,22,26)(H,23,25). The second-order valence-corrected chi connectivity index (χ2v) is 6.01. The van der Waals surface area contributed by atoms with Gasteiger partial charge in [0.2, 0.25) is 0 Å². The highest BCUT2D eigenvalue weighted by Crippen LogP contribution is 2.19. The molecule has 0 bridgehead atoms. The van der Waals surface area contributed by atoms with Crippen molar-refractivity contribution < 1.29 is 9.53 Å². The number of benzene rings is 2. The van der Waals surface area contributed by atoms with Crippen molar-refractivity contribution in [1.82, 2.24) is 15.5 Å². The highest BCUT2D eigenvalue weighted by molar-refractivity contribution is 5.92. The third kappa shape index (κ3) is 5.54. The number of hydrogen-bond acceptors (Lipinski definition) is 5. The predicted molar refractivity (Wildman–Crippen MR) is 105 cm³/mol. The van der Waals surface area contributed by atoms with E-state index < -0.39 is 0 Å². The van der Waals surface area contributed by atoms with Gasteiger partial charge in [-0.2, -0.15) is 0 Å². The number of carbonyl (C=O) groups is 1. The molecule has 2 N–H and O–H groups in total. The van der Waals surface area contributed by atoms with Crippen molar-refractivity contribution in [2.24, 2.45) is 0 Å². The summed E-state index contributed by atoms with van der Waals surface area (Å²) in [5, 5.41) is 14.1. The molecule has 27 heavy (non-hydrogen) atoms. The summed E-state index contributed by atoms with van der Waals surface area (Å²) in [6.07, 6.45) is 1.80. The average Bonchev–Trinajstić information content (AvgIpc) is 2.72. The van der Waals surface area contributed by atoms with Gasteiger partial charge < -0.3 is 15.4 Å². The topological polar surface area (TPSA) is 76.1 Å². The number of carbonyl (C=O) groups excluding carboxylic acids is 1. The number of methoxy groups -OCH3 is 1. The summed E-state index contributed by atoms with van der Waals surface area (Å²) in [4.78, 5) is 12.2. The largest absolute Gasteiger partial charge is 0.497 e. The summed E-state index contributed by atoms with van der Waals surface area (Å²) in [5.41, 5.74) is 2.40. The van der Waals surface area contributed by atoms with Gasteiger partial charge in [0.1, 0.15) is 5.75 Å². The molecule has 3 rings (SSSR count). The third-order valence-electron chi connectivity index (χ3n) is 4.01. The van der Waals surface area contributed by atoms with Crippen LogP contribution in [-0.2, 0) is 6.42 Å². The summed E-state index contributed by atoms with van der Waals surface area (Å²) >= 11 is 0. The Bertz CT molecular complexity index is 867. The lowest BCUT2D eigenvalue weighted by atomic mass is 10.1. The number of aromatic nitrogens is 2. The van der Waals surface area contributed by atoms with Gasteiger partial charge in [-0.05, 0) is 42.7 Å². The van der Waals surface area contributed by atoms with Crippen LogP contribution in [0.25, 0.3) is 0 Å². The zero-order valence-corrected chi connectivity index (χ0v) is 15.2. The van der Waals surface area contributed by atoms with E-state index >= 15 is 0 Å². The average molecular weight is 362 g/mol. The van der Waals surface area contributed by atoms with Crippen LogP contribution in [0.2, 0.25) is 0 Å². The fraction of sp³-hybridized carbons (Fsp3) is 0.190. The van der Waals surface area contributed by atoms with Crippen molar-refractivity contribution in [3.8, 4) is 5.75 Å². The Kier molecular flexibility index (Phi) is 6.35. The summed E-state index contributed by atoms with van der Waals surface area (Å²) in [7, 11) is 1.62. The van der Waals surface area contributed by atoms with E-state index in [-0.39, 0.29) is 5.91 Å². The number of hydrogen-bond donors (Lipinski definition) is 2. The number of nitrogens with one attached hydrogen (secondary N) is 2. The molecule has 0 aliphatic heterocycles. The highest BCUT2D eigenvalue weighted by atomic mass is 16.5. The van der Waals surface area contributed by atoms with E-state index in [0.29, 0.717) is 18.1 Å². The molecule has 0 spiro atoms. The molecule has 0 radical (unpaired) electrons. The van der Waals surface area contributed by atoms with Crippen LogP contribution in [0.3, 0.4) is 0 Å². The molecule has 0 fully saturated rings. The van der Waals surface area contributed by atoms with E-state index in [9.17, 15) is 4.79 Å². The molecule has 0 unspecified atom stereocenters. The summed E-state index contributed by atoms with van der Waals surface area (Å²) in [6.45, 7) is 0.596. The normalized spacial score (nSPS) is 10.3. The lowest BCUT2D eigenvalue weighted by Gasteiger charge is -2.08. The quantitative estimate of drug-likeness (QED) is 0.599. The highest BCUT2D eigenvalue weighted by Gasteiger charge is 2.08. The molecule has 3 aromatic rings. The first-order valence-corrected chi connectivity index (χ1v) is 8.81. The van der Waals surface area contributed by atoms with Crippen LogP contribution in [0.5, 0.6) is 5.75 Å². The monoisotopic (exact) mass is 362 g/mol. The molecular weight excluding hydrogens is 340 g/mol. The Balaban J connectivity index is 1.48. The number of amides is 1. The minimum absolute atomic E-state index is 0.219. The summed E-state index contributed by atoms with van der Waals surface area (Å²) in [6, 6.07) is 21.1. The van der Waals surface area contributed by atoms with Crippen molar-refractivity contribution in [1.29, 1.82) is 0 Å². The number of ether oxygens (including phenoxy) is 1. The molecule has 138 valence electrons. The van der Waals surface area contributed by atoms with Crippen molar-refractivity contribution in [2.75, 3.05) is 19.0 Å². The Morgan fingerprint density at radius 1 is 1.00 bits per heavy atom. The number of rotatable bonds is 8. The molecule has 0 saturated carbocycles. The first-order chi connectivity index (χ1) is 13.2. The van der Waals surface area contributed by atoms with Crippen molar-refractivity contribution >= 4 is 17.4 Å². The third-order valence-corrected chi connectivity index (χ3v) is 4.01. The smallest absolute Gasteiger partial charge is 0.271 e. The lowest BCUT2D eigenvalue weighted by molar-refractivity contribution is 0.0947. The minimum atomic E-state index is -0.219. The fourth-order valence-corrected chi connectivity index (χ4v) is 2.60. The Hall–Kier alpha value is -3.41. The van der Waals surface area contributed by atoms with E-state index in [1.54, 1.807) is 19.2 Å². The van der Waals surface area contributed by atoms with Gasteiger partial charge in [-0.25, -0.2) is 0 Å². The predicted octanol–water partition coefficient (Wildman–Crippen LogP) is 3.59.